The minimum atomic E-state index is -0.179. The highest BCUT2D eigenvalue weighted by Gasteiger charge is 2.08. The minimum Gasteiger partial charge on any atom is -0.494 e. The minimum absolute atomic E-state index is 0.179. The molecule has 26 heavy (non-hydrogen) atoms. The number of nitrogens with one attached hydrogen (secondary N) is 2. The van der Waals surface area contributed by atoms with Gasteiger partial charge in [0.25, 0.3) is 5.91 Å². The summed E-state index contributed by atoms with van der Waals surface area (Å²) in [4.78, 5) is 12.3. The van der Waals surface area contributed by atoms with Crippen molar-refractivity contribution >= 4 is 11.6 Å². The Bertz CT molecular complexity index is 814. The van der Waals surface area contributed by atoms with Gasteiger partial charge >= 0.3 is 0 Å². The predicted octanol–water partition coefficient (Wildman–Crippen LogP) is 3.69. The quantitative estimate of drug-likeness (QED) is 0.604. The second kappa shape index (κ2) is 8.75. The molecule has 0 aliphatic carbocycles. The number of rotatable bonds is 8. The van der Waals surface area contributed by atoms with Gasteiger partial charge in [-0.1, -0.05) is 31.9 Å². The third-order valence-corrected chi connectivity index (χ3v) is 3.88. The van der Waals surface area contributed by atoms with Crippen LogP contribution in [0.5, 0.6) is 5.75 Å². The topological polar surface area (TPSA) is 92.8 Å². The summed E-state index contributed by atoms with van der Waals surface area (Å²) >= 11 is 0. The molecule has 0 aliphatic heterocycles. The van der Waals surface area contributed by atoms with Crippen molar-refractivity contribution in [3.05, 3.63) is 54.1 Å². The second-order valence-corrected chi connectivity index (χ2v) is 5.85. The summed E-state index contributed by atoms with van der Waals surface area (Å²) in [5, 5.41) is 16.6. The summed E-state index contributed by atoms with van der Waals surface area (Å²) in [7, 11) is 0. The molecule has 1 aromatic heterocycles. The number of hydrogen-bond acceptors (Lipinski definition) is 5. The van der Waals surface area contributed by atoms with Crippen molar-refractivity contribution in [3.63, 3.8) is 0 Å². The Kier molecular flexibility index (Phi) is 5.92. The van der Waals surface area contributed by atoms with Gasteiger partial charge in [-0.05, 0) is 48.0 Å². The molecule has 0 aliphatic rings. The molecule has 2 aromatic carbocycles. The van der Waals surface area contributed by atoms with E-state index in [2.05, 4.69) is 32.9 Å². The largest absolute Gasteiger partial charge is 0.494 e. The highest BCUT2D eigenvalue weighted by molar-refractivity contribution is 6.04. The standard InChI is InChI=1S/C19H21N5O2/c1-2-3-4-13-26-17-11-9-16(10-12-17)20-19(25)15-7-5-14(6-8-15)18-21-23-24-22-18/h5-12H,2-4,13H2,1H3,(H,20,25)(H,21,22,23,24). The van der Waals surface area contributed by atoms with E-state index < -0.39 is 0 Å². The van der Waals surface area contributed by atoms with Crippen LogP contribution in [0.3, 0.4) is 0 Å². The highest BCUT2D eigenvalue weighted by atomic mass is 16.5. The first-order valence-corrected chi connectivity index (χ1v) is 8.64. The van der Waals surface area contributed by atoms with Gasteiger partial charge in [0.1, 0.15) is 5.75 Å². The smallest absolute Gasteiger partial charge is 0.255 e. The number of anilines is 1. The van der Waals surface area contributed by atoms with Crippen LogP contribution in [0.25, 0.3) is 11.4 Å². The van der Waals surface area contributed by atoms with E-state index in [0.29, 0.717) is 18.0 Å². The molecule has 0 atom stereocenters. The Hall–Kier alpha value is -3.22. The normalized spacial score (nSPS) is 10.5. The maximum Gasteiger partial charge on any atom is 0.255 e. The summed E-state index contributed by atoms with van der Waals surface area (Å²) in [6.07, 6.45) is 3.39. The van der Waals surface area contributed by atoms with Crippen molar-refractivity contribution in [2.45, 2.75) is 26.2 Å². The molecule has 0 radical (unpaired) electrons. The lowest BCUT2D eigenvalue weighted by atomic mass is 10.1. The number of carbonyl (C=O) groups excluding carboxylic acids is 1. The molecule has 3 aromatic rings. The Morgan fingerprint density at radius 3 is 2.50 bits per heavy atom. The number of aromatic nitrogens is 4. The van der Waals surface area contributed by atoms with Gasteiger partial charge in [-0.2, -0.15) is 5.21 Å². The van der Waals surface area contributed by atoms with Crippen LogP contribution < -0.4 is 10.1 Å². The van der Waals surface area contributed by atoms with Crippen molar-refractivity contribution in [3.8, 4) is 17.1 Å². The van der Waals surface area contributed by atoms with Crippen LogP contribution in [0.15, 0.2) is 48.5 Å². The molecule has 7 nitrogen and oxygen atoms in total. The zero-order valence-corrected chi connectivity index (χ0v) is 14.6. The number of hydrogen-bond donors (Lipinski definition) is 2. The monoisotopic (exact) mass is 351 g/mol. The molecule has 7 heteroatoms. The van der Waals surface area contributed by atoms with Gasteiger partial charge in [0.05, 0.1) is 6.61 Å². The van der Waals surface area contributed by atoms with E-state index in [9.17, 15) is 4.79 Å². The maximum absolute atomic E-state index is 12.3. The van der Waals surface area contributed by atoms with Crippen LogP contribution in [-0.4, -0.2) is 33.1 Å². The van der Waals surface area contributed by atoms with Crippen LogP contribution in [0, 0.1) is 0 Å². The van der Waals surface area contributed by atoms with Gasteiger partial charge in [-0.15, -0.1) is 10.2 Å². The Morgan fingerprint density at radius 1 is 1.08 bits per heavy atom. The average Bonchev–Trinajstić information content (AvgIpc) is 3.21. The molecule has 0 bridgehead atoms. The Morgan fingerprint density at radius 2 is 1.85 bits per heavy atom. The van der Waals surface area contributed by atoms with Gasteiger partial charge < -0.3 is 10.1 Å². The Balaban J connectivity index is 1.55. The van der Waals surface area contributed by atoms with E-state index in [0.717, 1.165) is 23.4 Å². The summed E-state index contributed by atoms with van der Waals surface area (Å²) in [6.45, 7) is 2.88. The van der Waals surface area contributed by atoms with E-state index in [4.69, 9.17) is 4.74 Å². The third-order valence-electron chi connectivity index (χ3n) is 3.88. The fourth-order valence-electron chi connectivity index (χ4n) is 2.43. The number of ether oxygens (including phenoxy) is 1. The molecule has 0 saturated heterocycles. The lowest BCUT2D eigenvalue weighted by Crippen LogP contribution is -2.11. The first kappa shape index (κ1) is 17.6. The van der Waals surface area contributed by atoms with Gasteiger partial charge in [-0.3, -0.25) is 4.79 Å². The number of carbonyl (C=O) groups is 1. The number of aromatic amines is 1. The molecule has 2 N–H and O–H groups in total. The van der Waals surface area contributed by atoms with Crippen molar-refractivity contribution < 1.29 is 9.53 Å². The molecule has 0 spiro atoms. The van der Waals surface area contributed by atoms with Crippen molar-refractivity contribution in [1.82, 2.24) is 20.6 Å². The van der Waals surface area contributed by atoms with Crippen LogP contribution >= 0.6 is 0 Å². The summed E-state index contributed by atoms with van der Waals surface area (Å²) in [6, 6.07) is 14.4. The van der Waals surface area contributed by atoms with Crippen LogP contribution in [0.1, 0.15) is 36.5 Å². The molecule has 134 valence electrons. The Labute approximate surface area is 151 Å². The summed E-state index contributed by atoms with van der Waals surface area (Å²) < 4.78 is 5.67. The van der Waals surface area contributed by atoms with Crippen molar-refractivity contribution in [2.75, 3.05) is 11.9 Å². The zero-order valence-electron chi connectivity index (χ0n) is 14.6. The summed E-state index contributed by atoms with van der Waals surface area (Å²) in [5.74, 6) is 1.12. The van der Waals surface area contributed by atoms with Crippen LogP contribution in [-0.2, 0) is 0 Å². The van der Waals surface area contributed by atoms with E-state index >= 15 is 0 Å². The van der Waals surface area contributed by atoms with E-state index in [-0.39, 0.29) is 5.91 Å². The molecule has 3 rings (SSSR count). The molecular formula is C19H21N5O2. The van der Waals surface area contributed by atoms with Crippen LogP contribution in [0.2, 0.25) is 0 Å². The summed E-state index contributed by atoms with van der Waals surface area (Å²) in [5.41, 5.74) is 2.06. The number of nitrogens with zero attached hydrogens (tertiary/aromatic N) is 3. The number of amides is 1. The van der Waals surface area contributed by atoms with Crippen molar-refractivity contribution in [1.29, 1.82) is 0 Å². The van der Waals surface area contributed by atoms with Gasteiger partial charge in [-0.25, -0.2) is 0 Å². The zero-order chi connectivity index (χ0) is 18.2. The predicted molar refractivity (Wildman–Crippen MR) is 99.0 cm³/mol. The molecule has 0 fully saturated rings. The lowest BCUT2D eigenvalue weighted by Gasteiger charge is -2.08. The fraction of sp³-hybridized carbons (Fsp3) is 0.263. The van der Waals surface area contributed by atoms with Gasteiger partial charge in [0.15, 0.2) is 0 Å². The number of H-pyrrole nitrogens is 1. The van der Waals surface area contributed by atoms with Crippen LogP contribution in [0.4, 0.5) is 5.69 Å². The second-order valence-electron chi connectivity index (χ2n) is 5.85. The maximum atomic E-state index is 12.3. The first-order chi connectivity index (χ1) is 12.8. The molecule has 1 heterocycles. The fourth-order valence-corrected chi connectivity index (χ4v) is 2.43. The molecule has 0 unspecified atom stereocenters. The average molecular weight is 351 g/mol. The van der Waals surface area contributed by atoms with Gasteiger partial charge in [0.2, 0.25) is 5.82 Å². The van der Waals surface area contributed by atoms with E-state index in [1.807, 2.05) is 24.3 Å². The van der Waals surface area contributed by atoms with Crippen molar-refractivity contribution in [2.24, 2.45) is 0 Å². The number of tetrazole rings is 1. The van der Waals surface area contributed by atoms with Gasteiger partial charge in [0, 0.05) is 16.8 Å². The third kappa shape index (κ3) is 4.66. The first-order valence-electron chi connectivity index (χ1n) is 8.64. The highest BCUT2D eigenvalue weighted by Crippen LogP contribution is 2.18. The van der Waals surface area contributed by atoms with E-state index in [1.165, 1.54) is 12.8 Å². The van der Waals surface area contributed by atoms with E-state index in [1.54, 1.807) is 24.3 Å². The number of unbranched alkanes of at least 4 members (excludes halogenated alkanes) is 2. The lowest BCUT2D eigenvalue weighted by molar-refractivity contribution is 0.102. The SMILES string of the molecule is CCCCCOc1ccc(NC(=O)c2ccc(-c3nn[nH]n3)cc2)cc1. The number of benzene rings is 2. The molecule has 0 saturated carbocycles. The molecule has 1 amide bonds. The molecular weight excluding hydrogens is 330 g/mol.